The second kappa shape index (κ2) is 3.74. The monoisotopic (exact) mass is 207 g/mol. The molecule has 0 fully saturated rings. The van der Waals surface area contributed by atoms with E-state index in [0.717, 1.165) is 23.3 Å². The van der Waals surface area contributed by atoms with Crippen molar-refractivity contribution in [3.63, 3.8) is 0 Å². The lowest BCUT2D eigenvalue weighted by molar-refractivity contribution is 0.254. The highest BCUT2D eigenvalue weighted by molar-refractivity contribution is 5.48. The number of aromatic hydroxyl groups is 1. The van der Waals surface area contributed by atoms with Crippen LogP contribution >= 0.6 is 0 Å². The number of nitrogens with two attached hydrogens (primary N) is 1. The largest absolute Gasteiger partial charge is 0.508 e. The second-order valence-electron chi connectivity index (χ2n) is 4.40. The molecule has 1 aromatic rings. The number of phenolic OH excluding ortho intramolecular Hbond substituents is 1. The lowest BCUT2D eigenvalue weighted by Gasteiger charge is -2.09. The molecule has 3 N–H and O–H groups in total. The Morgan fingerprint density at radius 2 is 2.33 bits per heavy atom. The van der Waals surface area contributed by atoms with E-state index in [1.54, 1.807) is 6.07 Å². The summed E-state index contributed by atoms with van der Waals surface area (Å²) < 4.78 is 5.63. The summed E-state index contributed by atoms with van der Waals surface area (Å²) in [5.41, 5.74) is 7.68. The van der Waals surface area contributed by atoms with Gasteiger partial charge in [0.1, 0.15) is 17.6 Å². The number of rotatable bonds is 2. The molecule has 0 saturated carbocycles. The van der Waals surface area contributed by atoms with Gasteiger partial charge in [0.2, 0.25) is 0 Å². The molecule has 15 heavy (non-hydrogen) atoms. The van der Waals surface area contributed by atoms with Crippen LogP contribution in [0.15, 0.2) is 12.1 Å². The first kappa shape index (κ1) is 10.3. The van der Waals surface area contributed by atoms with Crippen LogP contribution in [0.5, 0.6) is 11.5 Å². The molecular weight excluding hydrogens is 190 g/mol. The Morgan fingerprint density at radius 1 is 1.60 bits per heavy atom. The molecule has 1 heterocycles. The van der Waals surface area contributed by atoms with Crippen LogP contribution in [0.1, 0.15) is 25.0 Å². The third-order valence-electron chi connectivity index (χ3n) is 2.64. The minimum atomic E-state index is 0.0489. The molecule has 3 heteroatoms. The molecule has 1 aromatic carbocycles. The minimum absolute atomic E-state index is 0.0489. The molecule has 1 aliphatic heterocycles. The first-order chi connectivity index (χ1) is 7.06. The van der Waals surface area contributed by atoms with Crippen molar-refractivity contribution in [2.24, 2.45) is 5.73 Å². The first-order valence-corrected chi connectivity index (χ1v) is 5.33. The van der Waals surface area contributed by atoms with E-state index in [4.69, 9.17) is 10.5 Å². The molecule has 0 aromatic heterocycles. The van der Waals surface area contributed by atoms with Crippen LogP contribution in [0, 0.1) is 0 Å². The van der Waals surface area contributed by atoms with Crippen LogP contribution in [-0.4, -0.2) is 17.3 Å². The summed E-state index contributed by atoms with van der Waals surface area (Å²) in [5, 5.41) is 9.80. The Morgan fingerprint density at radius 3 is 3.00 bits per heavy atom. The normalized spacial score (nSPS) is 20.9. The van der Waals surface area contributed by atoms with Crippen molar-refractivity contribution in [2.45, 2.75) is 38.8 Å². The van der Waals surface area contributed by atoms with Crippen molar-refractivity contribution in [3.8, 4) is 11.5 Å². The Kier molecular flexibility index (Phi) is 2.57. The summed E-state index contributed by atoms with van der Waals surface area (Å²) in [6, 6.07) is 3.77. The van der Waals surface area contributed by atoms with Gasteiger partial charge in [-0.15, -0.1) is 0 Å². The number of hydrogen-bond donors (Lipinski definition) is 2. The van der Waals surface area contributed by atoms with Gasteiger partial charge in [0.15, 0.2) is 0 Å². The van der Waals surface area contributed by atoms with Crippen molar-refractivity contribution in [1.29, 1.82) is 0 Å². The Balaban J connectivity index is 2.31. The molecule has 2 rings (SSSR count). The maximum atomic E-state index is 9.80. The van der Waals surface area contributed by atoms with Gasteiger partial charge in [-0.1, -0.05) is 0 Å². The van der Waals surface area contributed by atoms with Gasteiger partial charge in [0.05, 0.1) is 0 Å². The minimum Gasteiger partial charge on any atom is -0.508 e. The van der Waals surface area contributed by atoms with Gasteiger partial charge in [0.25, 0.3) is 0 Å². The smallest absolute Gasteiger partial charge is 0.123 e. The van der Waals surface area contributed by atoms with Gasteiger partial charge in [-0.3, -0.25) is 0 Å². The summed E-state index contributed by atoms with van der Waals surface area (Å²) in [5.74, 6) is 1.24. The van der Waals surface area contributed by atoms with Crippen LogP contribution < -0.4 is 10.5 Å². The quantitative estimate of drug-likeness (QED) is 0.774. The molecule has 1 aliphatic rings. The standard InChI is InChI=1S/C12H17NO2/c1-7(13)3-9-6-12-10(5-11(9)14)4-8(2)15-12/h5-8,14H,3-4,13H2,1-2H3. The summed E-state index contributed by atoms with van der Waals surface area (Å²) >= 11 is 0. The molecule has 0 spiro atoms. The molecule has 0 radical (unpaired) electrons. The Bertz CT molecular complexity index is 374. The van der Waals surface area contributed by atoms with E-state index in [0.29, 0.717) is 12.2 Å². The van der Waals surface area contributed by atoms with Crippen molar-refractivity contribution < 1.29 is 9.84 Å². The maximum Gasteiger partial charge on any atom is 0.123 e. The fourth-order valence-electron chi connectivity index (χ4n) is 2.00. The number of hydrogen-bond acceptors (Lipinski definition) is 3. The summed E-state index contributed by atoms with van der Waals surface area (Å²) in [4.78, 5) is 0. The van der Waals surface area contributed by atoms with E-state index in [1.807, 2.05) is 19.9 Å². The summed E-state index contributed by atoms with van der Waals surface area (Å²) in [7, 11) is 0. The van der Waals surface area contributed by atoms with Gasteiger partial charge in [-0.2, -0.15) is 0 Å². The maximum absolute atomic E-state index is 9.80. The fraction of sp³-hybridized carbons (Fsp3) is 0.500. The molecular formula is C12H17NO2. The number of fused-ring (bicyclic) bond motifs is 1. The molecule has 2 atom stereocenters. The average molecular weight is 207 g/mol. The summed E-state index contributed by atoms with van der Waals surface area (Å²) in [6.45, 7) is 3.96. The lowest BCUT2D eigenvalue weighted by atomic mass is 10.0. The first-order valence-electron chi connectivity index (χ1n) is 5.33. The van der Waals surface area contributed by atoms with Gasteiger partial charge in [-0.25, -0.2) is 0 Å². The van der Waals surface area contributed by atoms with E-state index in [9.17, 15) is 5.11 Å². The molecule has 0 saturated heterocycles. The van der Waals surface area contributed by atoms with Gasteiger partial charge >= 0.3 is 0 Å². The SMILES string of the molecule is CC(N)Cc1cc2c(cc1O)CC(C)O2. The third kappa shape index (κ3) is 2.07. The zero-order valence-corrected chi connectivity index (χ0v) is 9.16. The zero-order valence-electron chi connectivity index (χ0n) is 9.16. The predicted octanol–water partition coefficient (Wildman–Crippen LogP) is 1.61. The number of ether oxygens (including phenoxy) is 1. The highest BCUT2D eigenvalue weighted by Crippen LogP contribution is 2.34. The van der Waals surface area contributed by atoms with Crippen LogP contribution in [0.4, 0.5) is 0 Å². The lowest BCUT2D eigenvalue weighted by Crippen LogP contribution is -2.17. The van der Waals surface area contributed by atoms with E-state index in [1.165, 1.54) is 0 Å². The highest BCUT2D eigenvalue weighted by Gasteiger charge is 2.21. The van der Waals surface area contributed by atoms with Gasteiger partial charge in [-0.05, 0) is 38.0 Å². The van der Waals surface area contributed by atoms with E-state index >= 15 is 0 Å². The summed E-state index contributed by atoms with van der Waals surface area (Å²) in [6.07, 6.45) is 1.77. The van der Waals surface area contributed by atoms with Crippen LogP contribution in [-0.2, 0) is 12.8 Å². The molecule has 2 unspecified atom stereocenters. The van der Waals surface area contributed by atoms with Crippen LogP contribution in [0.3, 0.4) is 0 Å². The van der Waals surface area contributed by atoms with Crippen LogP contribution in [0.2, 0.25) is 0 Å². The fourth-order valence-corrected chi connectivity index (χ4v) is 2.00. The van der Waals surface area contributed by atoms with E-state index in [-0.39, 0.29) is 12.1 Å². The molecule has 0 bridgehead atoms. The number of benzene rings is 1. The Hall–Kier alpha value is -1.22. The predicted molar refractivity (Wildman–Crippen MR) is 59.3 cm³/mol. The van der Waals surface area contributed by atoms with Crippen molar-refractivity contribution in [3.05, 3.63) is 23.3 Å². The molecule has 0 aliphatic carbocycles. The second-order valence-corrected chi connectivity index (χ2v) is 4.40. The van der Waals surface area contributed by atoms with E-state index in [2.05, 4.69) is 0 Å². The highest BCUT2D eigenvalue weighted by atomic mass is 16.5. The van der Waals surface area contributed by atoms with Gasteiger partial charge < -0.3 is 15.6 Å². The zero-order chi connectivity index (χ0) is 11.0. The van der Waals surface area contributed by atoms with Crippen LogP contribution in [0.25, 0.3) is 0 Å². The van der Waals surface area contributed by atoms with Crippen molar-refractivity contribution in [2.75, 3.05) is 0 Å². The Labute approximate surface area is 89.9 Å². The average Bonchev–Trinajstić information content (AvgIpc) is 2.44. The third-order valence-corrected chi connectivity index (χ3v) is 2.64. The van der Waals surface area contributed by atoms with Crippen molar-refractivity contribution in [1.82, 2.24) is 0 Å². The van der Waals surface area contributed by atoms with Gasteiger partial charge in [0, 0.05) is 18.0 Å². The van der Waals surface area contributed by atoms with E-state index < -0.39 is 0 Å². The molecule has 82 valence electrons. The molecule has 0 amide bonds. The topological polar surface area (TPSA) is 55.5 Å². The number of phenols is 1. The van der Waals surface area contributed by atoms with Crippen molar-refractivity contribution >= 4 is 0 Å². The molecule has 3 nitrogen and oxygen atoms in total.